The maximum Gasteiger partial charge on any atom is 0.100 e. The third-order valence-electron chi connectivity index (χ3n) is 15.8. The van der Waals surface area contributed by atoms with Crippen LogP contribution in [0.15, 0.2) is 334 Å². The smallest absolute Gasteiger partial charge is 0.100 e. The minimum atomic E-state index is 0.446. The molecule has 0 unspecified atom stereocenters. The van der Waals surface area contributed by atoms with Crippen LogP contribution in [-0.4, -0.2) is 0 Å². The van der Waals surface area contributed by atoms with Gasteiger partial charge in [0.15, 0.2) is 0 Å². The van der Waals surface area contributed by atoms with Gasteiger partial charge in [0.1, 0.15) is 12.1 Å². The molecule has 0 saturated heterocycles. The van der Waals surface area contributed by atoms with Gasteiger partial charge in [0.25, 0.3) is 0 Å². The van der Waals surface area contributed by atoms with Gasteiger partial charge in [0.2, 0.25) is 0 Å². The Morgan fingerprint density at radius 1 is 0.218 bits per heavy atom. The fraction of sp³-hybridized carbons (Fsp3) is 0.0123. The first kappa shape index (κ1) is 54.3. The van der Waals surface area contributed by atoms with E-state index >= 15 is 0 Å². The largest absolute Gasteiger partial charge is 0.311 e. The van der Waals surface area contributed by atoms with Crippen molar-refractivity contribution in [3.63, 3.8) is 0 Å². The van der Waals surface area contributed by atoms with Crippen LogP contribution < -0.4 is 19.6 Å². The summed E-state index contributed by atoms with van der Waals surface area (Å²) in [4.78, 5) is 8.95. The highest BCUT2D eigenvalue weighted by molar-refractivity contribution is 6.05. The van der Waals surface area contributed by atoms with Gasteiger partial charge in [-0.25, -0.2) is 0 Å². The van der Waals surface area contributed by atoms with E-state index in [1.807, 2.05) is 121 Å². The van der Waals surface area contributed by atoms with Crippen LogP contribution in [0.2, 0.25) is 0 Å². The molecule has 0 spiro atoms. The number of benzene rings is 13. The molecule has 0 amide bonds. The van der Waals surface area contributed by atoms with Gasteiger partial charge >= 0.3 is 0 Å². The van der Waals surface area contributed by atoms with Gasteiger partial charge in [-0.1, -0.05) is 188 Å². The third kappa shape index (κ3) is 11.0. The van der Waals surface area contributed by atoms with Gasteiger partial charge < -0.3 is 19.6 Å². The molecular formula is C81H58N6. The van der Waals surface area contributed by atoms with Crippen molar-refractivity contribution in [1.82, 2.24) is 0 Å². The minimum absolute atomic E-state index is 0.446. The highest BCUT2D eigenvalue weighted by Crippen LogP contribution is 2.51. The number of hydrogen-bond acceptors (Lipinski definition) is 6. The molecule has 0 aliphatic carbocycles. The monoisotopic (exact) mass is 1110 g/mol. The Kier molecular flexibility index (Phi) is 15.5. The summed E-state index contributed by atoms with van der Waals surface area (Å²) in [7, 11) is 0. The molecule has 87 heavy (non-hydrogen) atoms. The predicted molar refractivity (Wildman–Crippen MR) is 361 cm³/mol. The van der Waals surface area contributed by atoms with E-state index in [0.29, 0.717) is 33.4 Å². The summed E-state index contributed by atoms with van der Waals surface area (Å²) < 4.78 is 0. The van der Waals surface area contributed by atoms with Gasteiger partial charge in [-0.3, -0.25) is 0 Å². The van der Waals surface area contributed by atoms with E-state index in [1.54, 1.807) is 0 Å². The Morgan fingerprint density at radius 2 is 0.414 bits per heavy atom. The van der Waals surface area contributed by atoms with Crippen molar-refractivity contribution in [1.29, 1.82) is 10.5 Å². The molecule has 0 aliphatic heterocycles. The molecule has 13 rings (SSSR count). The highest BCUT2D eigenvalue weighted by Gasteiger charge is 2.30. The number of rotatable bonds is 16. The lowest BCUT2D eigenvalue weighted by Crippen LogP contribution is -2.11. The first-order valence-electron chi connectivity index (χ1n) is 29.1. The van der Waals surface area contributed by atoms with Crippen molar-refractivity contribution in [2.75, 3.05) is 19.6 Å². The molecule has 0 fully saturated rings. The fourth-order valence-electron chi connectivity index (χ4n) is 11.9. The Balaban J connectivity index is 1.07. The summed E-state index contributed by atoms with van der Waals surface area (Å²) in [6.07, 6.45) is 0. The molecule has 0 saturated carbocycles. The van der Waals surface area contributed by atoms with Gasteiger partial charge in [-0.05, 0) is 180 Å². The summed E-state index contributed by atoms with van der Waals surface area (Å²) in [5.74, 6) is 0. The summed E-state index contributed by atoms with van der Waals surface area (Å²) in [6.45, 7) is 2.13. The van der Waals surface area contributed by atoms with Crippen LogP contribution in [0.25, 0.3) is 44.5 Å². The maximum absolute atomic E-state index is 12.3. The first-order chi connectivity index (χ1) is 43.0. The maximum atomic E-state index is 12.3. The topological polar surface area (TPSA) is 60.5 Å². The predicted octanol–water partition coefficient (Wildman–Crippen LogP) is 22.3. The van der Waals surface area contributed by atoms with Crippen molar-refractivity contribution in [2.45, 2.75) is 6.92 Å². The number of nitrogens with zero attached hydrogens (tertiary/aromatic N) is 6. The zero-order valence-corrected chi connectivity index (χ0v) is 47.9. The zero-order chi connectivity index (χ0) is 58.9. The molecule has 6 nitrogen and oxygen atoms in total. The van der Waals surface area contributed by atoms with Crippen LogP contribution in [0, 0.1) is 29.6 Å². The van der Waals surface area contributed by atoms with Crippen LogP contribution in [0.3, 0.4) is 0 Å². The van der Waals surface area contributed by atoms with E-state index in [9.17, 15) is 10.5 Å². The molecule has 6 heteroatoms. The van der Waals surface area contributed by atoms with Crippen LogP contribution in [0.1, 0.15) is 16.7 Å². The van der Waals surface area contributed by atoms with Crippen molar-refractivity contribution >= 4 is 68.2 Å². The molecule has 13 aromatic carbocycles. The molecule has 0 aliphatic rings. The zero-order valence-electron chi connectivity index (χ0n) is 47.9. The lowest BCUT2D eigenvalue weighted by molar-refractivity contribution is 1.25. The summed E-state index contributed by atoms with van der Waals surface area (Å²) in [5, 5.41) is 24.5. The quantitative estimate of drug-likeness (QED) is 0.0961. The molecule has 0 bridgehead atoms. The van der Waals surface area contributed by atoms with Crippen molar-refractivity contribution in [3.05, 3.63) is 350 Å². The van der Waals surface area contributed by atoms with Crippen molar-refractivity contribution in [3.8, 4) is 56.6 Å². The van der Waals surface area contributed by atoms with Crippen molar-refractivity contribution in [2.24, 2.45) is 0 Å². The number of para-hydroxylation sites is 8. The van der Waals surface area contributed by atoms with Crippen molar-refractivity contribution < 1.29 is 0 Å². The minimum Gasteiger partial charge on any atom is -0.311 e. The van der Waals surface area contributed by atoms with Crippen LogP contribution in [0.5, 0.6) is 0 Å². The van der Waals surface area contributed by atoms with Gasteiger partial charge in [-0.2, -0.15) is 10.5 Å². The standard InChI is InChI=1S/C81H58N6/c1-59-56-63(48-55-77(59)87(70-38-22-8-23-39-70)71-40-24-9-25-41-71)81-76(58-83)79(61-44-51-73(52-45-61)85(66-30-14-4-15-31-66)67-32-16-5-17-33-67)78(60-42-49-72(50-43-60)84(64-26-10-2-11-27-64)65-28-12-3-13-29-65)75(57-82)80(81)62-46-53-74(54-47-62)86(68-34-18-6-19-35-68)69-36-20-7-21-37-69/h2-56H,1H3. The second-order valence-electron chi connectivity index (χ2n) is 21.1. The average Bonchev–Trinajstić information content (AvgIpc) is 0.949. The lowest BCUT2D eigenvalue weighted by Gasteiger charge is -2.28. The average molecular weight is 1120 g/mol. The van der Waals surface area contributed by atoms with Crippen LogP contribution in [-0.2, 0) is 0 Å². The van der Waals surface area contributed by atoms with E-state index in [4.69, 9.17) is 0 Å². The second kappa shape index (κ2) is 24.9. The number of hydrogen-bond donors (Lipinski definition) is 0. The van der Waals surface area contributed by atoms with E-state index < -0.39 is 0 Å². The summed E-state index contributed by atoms with van der Waals surface area (Å²) in [6, 6.07) is 120. The van der Waals surface area contributed by atoms with Gasteiger partial charge in [-0.15, -0.1) is 0 Å². The third-order valence-corrected chi connectivity index (χ3v) is 15.8. The molecular weight excluding hydrogens is 1060 g/mol. The Bertz CT molecular complexity index is 4380. The van der Waals surface area contributed by atoms with Gasteiger partial charge in [0.05, 0.1) is 11.1 Å². The Morgan fingerprint density at radius 3 is 0.632 bits per heavy atom. The van der Waals surface area contributed by atoms with Gasteiger partial charge in [0, 0.05) is 90.5 Å². The molecule has 0 N–H and O–H groups in total. The number of nitriles is 2. The molecule has 0 atom stereocenters. The SMILES string of the molecule is Cc1cc(-c2c(C#N)c(-c3ccc(N(c4ccccc4)c4ccccc4)cc3)c(-c3ccc(N(c4ccccc4)c4ccccc4)cc3)c(C#N)c2-c2ccc(N(c3ccccc3)c3ccccc3)cc2)ccc1N(c1ccccc1)c1ccccc1. The normalized spacial score (nSPS) is 10.8. The highest BCUT2D eigenvalue weighted by atomic mass is 15.2. The summed E-state index contributed by atoms with van der Waals surface area (Å²) >= 11 is 0. The molecule has 412 valence electrons. The van der Waals surface area contributed by atoms with Crippen LogP contribution in [0.4, 0.5) is 68.2 Å². The molecule has 0 aromatic heterocycles. The Labute approximate surface area is 509 Å². The van der Waals surface area contributed by atoms with E-state index in [0.717, 1.165) is 96.1 Å². The molecule has 0 heterocycles. The molecule has 0 radical (unpaired) electrons. The summed E-state index contributed by atoms with van der Waals surface area (Å²) in [5.41, 5.74) is 19.6. The molecule has 13 aromatic rings. The van der Waals surface area contributed by atoms with E-state index in [2.05, 4.69) is 251 Å². The second-order valence-corrected chi connectivity index (χ2v) is 21.1. The lowest BCUT2D eigenvalue weighted by atomic mass is 9.77. The van der Waals surface area contributed by atoms with Crippen LogP contribution >= 0.6 is 0 Å². The van der Waals surface area contributed by atoms with E-state index in [1.165, 1.54) is 0 Å². The fourth-order valence-corrected chi connectivity index (χ4v) is 11.9. The number of aryl methyl sites for hydroxylation is 1. The van der Waals surface area contributed by atoms with E-state index in [-0.39, 0.29) is 0 Å². The number of anilines is 12. The Hall–Kier alpha value is -12.0. The first-order valence-corrected chi connectivity index (χ1v) is 29.1.